The minimum Gasteiger partial charge on any atom is -0.371 e. The van der Waals surface area contributed by atoms with Gasteiger partial charge in [0.15, 0.2) is 0 Å². The SMILES string of the molecule is CCCNCc1ccc(N2CCC(C(C)C)CC2)cc1Cl. The van der Waals surface area contributed by atoms with Crippen molar-refractivity contribution < 1.29 is 0 Å². The van der Waals surface area contributed by atoms with E-state index in [1.165, 1.54) is 24.1 Å². The number of nitrogens with zero attached hydrogens (tertiary/aromatic N) is 1. The molecular weight excluding hydrogens is 280 g/mol. The minimum absolute atomic E-state index is 0.808. The van der Waals surface area contributed by atoms with Crippen LogP contribution in [0.15, 0.2) is 18.2 Å². The molecule has 3 heteroatoms. The first-order chi connectivity index (χ1) is 10.1. The maximum Gasteiger partial charge on any atom is 0.0471 e. The van der Waals surface area contributed by atoms with Gasteiger partial charge in [0.05, 0.1) is 0 Å². The van der Waals surface area contributed by atoms with E-state index in [4.69, 9.17) is 11.6 Å². The highest BCUT2D eigenvalue weighted by Gasteiger charge is 2.21. The molecule has 0 amide bonds. The lowest BCUT2D eigenvalue weighted by Crippen LogP contribution is -2.35. The predicted octanol–water partition coefficient (Wildman–Crippen LogP) is 4.71. The van der Waals surface area contributed by atoms with Crippen LogP contribution in [0.4, 0.5) is 5.69 Å². The number of halogens is 1. The number of rotatable bonds is 6. The lowest BCUT2D eigenvalue weighted by atomic mass is 9.86. The molecule has 1 saturated heterocycles. The largest absolute Gasteiger partial charge is 0.371 e. The van der Waals surface area contributed by atoms with Crippen molar-refractivity contribution in [2.24, 2.45) is 11.8 Å². The highest BCUT2D eigenvalue weighted by atomic mass is 35.5. The second-order valence-corrected chi connectivity index (χ2v) is 6.93. The Morgan fingerprint density at radius 1 is 1.29 bits per heavy atom. The zero-order valence-corrected chi connectivity index (χ0v) is 14.4. The molecule has 0 spiro atoms. The van der Waals surface area contributed by atoms with Crippen LogP contribution in [-0.2, 0) is 6.54 Å². The zero-order valence-electron chi connectivity index (χ0n) is 13.7. The first kappa shape index (κ1) is 16.6. The van der Waals surface area contributed by atoms with Crippen LogP contribution in [0.3, 0.4) is 0 Å². The van der Waals surface area contributed by atoms with Crippen LogP contribution in [0.2, 0.25) is 5.02 Å². The van der Waals surface area contributed by atoms with Crippen molar-refractivity contribution in [3.05, 3.63) is 28.8 Å². The van der Waals surface area contributed by atoms with Gasteiger partial charge in [-0.1, -0.05) is 38.4 Å². The number of nitrogens with one attached hydrogen (secondary N) is 1. The lowest BCUT2D eigenvalue weighted by Gasteiger charge is -2.35. The van der Waals surface area contributed by atoms with Gasteiger partial charge in [0, 0.05) is 30.3 Å². The van der Waals surface area contributed by atoms with Crippen LogP contribution in [0.25, 0.3) is 0 Å². The molecule has 118 valence electrons. The van der Waals surface area contributed by atoms with Gasteiger partial charge in [-0.25, -0.2) is 0 Å². The summed E-state index contributed by atoms with van der Waals surface area (Å²) in [6, 6.07) is 6.54. The third-order valence-electron chi connectivity index (χ3n) is 4.63. The summed E-state index contributed by atoms with van der Waals surface area (Å²) >= 11 is 6.44. The number of benzene rings is 1. The summed E-state index contributed by atoms with van der Waals surface area (Å²) in [6.07, 6.45) is 3.75. The monoisotopic (exact) mass is 308 g/mol. The summed E-state index contributed by atoms with van der Waals surface area (Å²) in [6.45, 7) is 11.1. The summed E-state index contributed by atoms with van der Waals surface area (Å²) in [4.78, 5) is 2.48. The van der Waals surface area contributed by atoms with Crippen molar-refractivity contribution in [2.45, 2.75) is 46.6 Å². The van der Waals surface area contributed by atoms with Crippen LogP contribution in [0.1, 0.15) is 45.6 Å². The Balaban J connectivity index is 1.94. The van der Waals surface area contributed by atoms with Crippen LogP contribution in [0.5, 0.6) is 0 Å². The van der Waals surface area contributed by atoms with E-state index in [0.717, 1.165) is 49.5 Å². The molecule has 2 rings (SSSR count). The quantitative estimate of drug-likeness (QED) is 0.765. The van der Waals surface area contributed by atoms with Crippen LogP contribution < -0.4 is 10.2 Å². The fourth-order valence-electron chi connectivity index (χ4n) is 3.10. The Morgan fingerprint density at radius 2 is 2.00 bits per heavy atom. The number of hydrogen-bond acceptors (Lipinski definition) is 2. The third kappa shape index (κ3) is 4.62. The van der Waals surface area contributed by atoms with E-state index in [2.05, 4.69) is 49.2 Å². The van der Waals surface area contributed by atoms with E-state index < -0.39 is 0 Å². The van der Waals surface area contributed by atoms with Gasteiger partial charge >= 0.3 is 0 Å². The van der Waals surface area contributed by atoms with Crippen molar-refractivity contribution in [1.29, 1.82) is 0 Å². The van der Waals surface area contributed by atoms with Crippen molar-refractivity contribution in [3.8, 4) is 0 Å². The summed E-state index contributed by atoms with van der Waals surface area (Å²) in [5.74, 6) is 1.69. The molecule has 1 aliphatic heterocycles. The maximum atomic E-state index is 6.44. The fraction of sp³-hybridized carbons (Fsp3) is 0.667. The molecule has 0 bridgehead atoms. The third-order valence-corrected chi connectivity index (χ3v) is 4.98. The molecule has 0 saturated carbocycles. The molecule has 1 N–H and O–H groups in total. The molecule has 1 aliphatic rings. The van der Waals surface area contributed by atoms with Crippen molar-refractivity contribution in [3.63, 3.8) is 0 Å². The number of hydrogen-bond donors (Lipinski definition) is 1. The Hall–Kier alpha value is -0.730. The first-order valence-electron chi connectivity index (χ1n) is 8.36. The van der Waals surface area contributed by atoms with Crippen LogP contribution >= 0.6 is 11.6 Å². The molecule has 0 aliphatic carbocycles. The van der Waals surface area contributed by atoms with Crippen molar-refractivity contribution in [1.82, 2.24) is 5.32 Å². The summed E-state index contributed by atoms with van der Waals surface area (Å²) in [5, 5.41) is 4.30. The normalized spacial score (nSPS) is 16.7. The van der Waals surface area contributed by atoms with Crippen molar-refractivity contribution in [2.75, 3.05) is 24.5 Å². The Morgan fingerprint density at radius 3 is 2.57 bits per heavy atom. The van der Waals surface area contributed by atoms with E-state index in [0.29, 0.717) is 0 Å². The van der Waals surface area contributed by atoms with Gasteiger partial charge in [-0.15, -0.1) is 0 Å². The molecule has 1 heterocycles. The van der Waals surface area contributed by atoms with E-state index in [1.54, 1.807) is 0 Å². The van der Waals surface area contributed by atoms with Gasteiger partial charge in [-0.2, -0.15) is 0 Å². The van der Waals surface area contributed by atoms with Crippen LogP contribution in [0, 0.1) is 11.8 Å². The smallest absolute Gasteiger partial charge is 0.0471 e. The lowest BCUT2D eigenvalue weighted by molar-refractivity contribution is 0.311. The molecular formula is C18H29ClN2. The molecule has 0 atom stereocenters. The molecule has 21 heavy (non-hydrogen) atoms. The topological polar surface area (TPSA) is 15.3 Å². The summed E-state index contributed by atoms with van der Waals surface area (Å²) in [5.41, 5.74) is 2.48. The molecule has 1 aromatic carbocycles. The molecule has 0 radical (unpaired) electrons. The van der Waals surface area contributed by atoms with Crippen molar-refractivity contribution >= 4 is 17.3 Å². The second-order valence-electron chi connectivity index (χ2n) is 6.52. The Labute approximate surface area is 134 Å². The Bertz CT molecular complexity index is 437. The van der Waals surface area contributed by atoms with Gasteiger partial charge in [-0.3, -0.25) is 0 Å². The highest BCUT2D eigenvalue weighted by molar-refractivity contribution is 6.31. The first-order valence-corrected chi connectivity index (χ1v) is 8.73. The van der Waals surface area contributed by atoms with E-state index in [9.17, 15) is 0 Å². The standard InChI is InChI=1S/C18H29ClN2/c1-4-9-20-13-16-5-6-17(12-18(16)19)21-10-7-15(8-11-21)14(2)3/h5-6,12,14-15,20H,4,7-11,13H2,1-3H3. The molecule has 0 unspecified atom stereocenters. The summed E-state index contributed by atoms with van der Waals surface area (Å²) in [7, 11) is 0. The Kier molecular flexibility index (Phi) is 6.38. The number of anilines is 1. The van der Waals surface area contributed by atoms with Gasteiger partial charge in [-0.05, 0) is 55.3 Å². The molecule has 0 aromatic heterocycles. The van der Waals surface area contributed by atoms with E-state index in [-0.39, 0.29) is 0 Å². The fourth-order valence-corrected chi connectivity index (χ4v) is 3.34. The van der Waals surface area contributed by atoms with Gasteiger partial charge in [0.25, 0.3) is 0 Å². The number of piperidine rings is 1. The molecule has 2 nitrogen and oxygen atoms in total. The average molecular weight is 309 g/mol. The van der Waals surface area contributed by atoms with Crippen LogP contribution in [-0.4, -0.2) is 19.6 Å². The summed E-state index contributed by atoms with van der Waals surface area (Å²) < 4.78 is 0. The van der Waals surface area contributed by atoms with Gasteiger partial charge < -0.3 is 10.2 Å². The average Bonchev–Trinajstić information content (AvgIpc) is 2.49. The molecule has 1 fully saturated rings. The highest BCUT2D eigenvalue weighted by Crippen LogP contribution is 2.30. The molecule has 1 aromatic rings. The zero-order chi connectivity index (χ0) is 15.2. The minimum atomic E-state index is 0.808. The maximum absolute atomic E-state index is 6.44. The predicted molar refractivity (Wildman–Crippen MR) is 93.2 cm³/mol. The second kappa shape index (κ2) is 8.05. The van der Waals surface area contributed by atoms with Gasteiger partial charge in [0.1, 0.15) is 0 Å². The van der Waals surface area contributed by atoms with E-state index >= 15 is 0 Å². The van der Waals surface area contributed by atoms with Gasteiger partial charge in [0.2, 0.25) is 0 Å². The van der Waals surface area contributed by atoms with E-state index in [1.807, 2.05) is 0 Å².